The maximum absolute atomic E-state index is 13.7. The fourth-order valence-corrected chi connectivity index (χ4v) is 5.48. The Hall–Kier alpha value is -3.54. The van der Waals surface area contributed by atoms with Gasteiger partial charge in [0.1, 0.15) is 5.82 Å². The molecule has 2 aromatic heterocycles. The quantitative estimate of drug-likeness (QED) is 0.450. The van der Waals surface area contributed by atoms with Crippen LogP contribution in [0.25, 0.3) is 22.2 Å². The normalized spacial score (nSPS) is 19.8. The third kappa shape index (κ3) is 2.93. The SMILES string of the molecule is Cn1nc2c(c1-c1ccc(F)cc1)CC1CCCC2N1C(=O)c1ccc2ncccc2c1. The third-order valence-electron chi connectivity index (χ3n) is 6.88. The van der Waals surface area contributed by atoms with E-state index in [1.807, 2.05) is 54.2 Å². The molecule has 2 unspecified atom stereocenters. The van der Waals surface area contributed by atoms with Gasteiger partial charge in [0.15, 0.2) is 0 Å². The molecule has 2 bridgehead atoms. The number of piperidine rings is 1. The van der Waals surface area contributed by atoms with Crippen LogP contribution in [0.2, 0.25) is 0 Å². The second-order valence-electron chi connectivity index (χ2n) is 8.77. The number of nitrogens with zero attached hydrogens (tertiary/aromatic N) is 4. The van der Waals surface area contributed by atoms with E-state index in [2.05, 4.69) is 9.88 Å². The van der Waals surface area contributed by atoms with Gasteiger partial charge in [0.2, 0.25) is 0 Å². The Morgan fingerprint density at radius 2 is 1.94 bits per heavy atom. The fourth-order valence-electron chi connectivity index (χ4n) is 5.48. The van der Waals surface area contributed by atoms with Crippen LogP contribution < -0.4 is 0 Å². The summed E-state index contributed by atoms with van der Waals surface area (Å²) >= 11 is 0. The van der Waals surface area contributed by atoms with Crippen LogP contribution in [-0.2, 0) is 13.5 Å². The zero-order valence-corrected chi connectivity index (χ0v) is 17.8. The van der Waals surface area contributed by atoms with Gasteiger partial charge in [-0.2, -0.15) is 5.10 Å². The van der Waals surface area contributed by atoms with Crippen molar-refractivity contribution < 1.29 is 9.18 Å². The molecule has 1 fully saturated rings. The van der Waals surface area contributed by atoms with E-state index in [0.717, 1.165) is 53.5 Å². The molecule has 0 aliphatic carbocycles. The molecule has 0 radical (unpaired) electrons. The molecule has 5 nitrogen and oxygen atoms in total. The summed E-state index contributed by atoms with van der Waals surface area (Å²) in [6, 6.07) is 16.3. The number of carbonyl (C=O) groups is 1. The van der Waals surface area contributed by atoms with Gasteiger partial charge in [-0.15, -0.1) is 0 Å². The number of benzene rings is 2. The Morgan fingerprint density at radius 1 is 1.09 bits per heavy atom. The van der Waals surface area contributed by atoms with Crippen molar-refractivity contribution >= 4 is 16.8 Å². The van der Waals surface area contributed by atoms with Crippen LogP contribution in [-0.4, -0.2) is 31.6 Å². The molecule has 160 valence electrons. The topological polar surface area (TPSA) is 51.0 Å². The van der Waals surface area contributed by atoms with E-state index in [4.69, 9.17) is 5.10 Å². The molecule has 32 heavy (non-hydrogen) atoms. The number of fused-ring (bicyclic) bond motifs is 5. The van der Waals surface area contributed by atoms with Gasteiger partial charge in [0, 0.05) is 41.4 Å². The fraction of sp³-hybridized carbons (Fsp3) is 0.269. The molecule has 2 aliphatic rings. The number of amides is 1. The number of hydrogen-bond donors (Lipinski definition) is 0. The highest BCUT2D eigenvalue weighted by Gasteiger charge is 2.43. The Bertz CT molecular complexity index is 1340. The van der Waals surface area contributed by atoms with E-state index in [1.54, 1.807) is 6.20 Å². The van der Waals surface area contributed by atoms with Gasteiger partial charge in [-0.25, -0.2) is 4.39 Å². The number of halogens is 1. The minimum atomic E-state index is -0.246. The second kappa shape index (κ2) is 7.26. The summed E-state index contributed by atoms with van der Waals surface area (Å²) in [6.07, 6.45) is 5.51. The van der Waals surface area contributed by atoms with Crippen LogP contribution in [0.5, 0.6) is 0 Å². The molecule has 2 aliphatic heterocycles. The lowest BCUT2D eigenvalue weighted by Crippen LogP contribution is -2.49. The molecule has 0 spiro atoms. The third-order valence-corrected chi connectivity index (χ3v) is 6.88. The van der Waals surface area contributed by atoms with E-state index in [1.165, 1.54) is 17.7 Å². The summed E-state index contributed by atoms with van der Waals surface area (Å²) in [6.45, 7) is 0. The predicted octanol–water partition coefficient (Wildman–Crippen LogP) is 5.07. The number of hydrogen-bond acceptors (Lipinski definition) is 3. The largest absolute Gasteiger partial charge is 0.327 e. The average molecular weight is 426 g/mol. The van der Waals surface area contributed by atoms with Gasteiger partial charge in [-0.3, -0.25) is 14.5 Å². The summed E-state index contributed by atoms with van der Waals surface area (Å²) in [5.74, 6) is -0.186. The molecular weight excluding hydrogens is 403 g/mol. The average Bonchev–Trinajstić information content (AvgIpc) is 3.14. The minimum Gasteiger partial charge on any atom is -0.327 e. The lowest BCUT2D eigenvalue weighted by Gasteiger charge is -2.45. The first-order valence-corrected chi connectivity index (χ1v) is 11.1. The highest BCUT2D eigenvalue weighted by Crippen LogP contribution is 2.45. The van der Waals surface area contributed by atoms with Crippen molar-refractivity contribution in [1.82, 2.24) is 19.7 Å². The molecule has 2 aromatic carbocycles. The van der Waals surface area contributed by atoms with Crippen LogP contribution in [0.3, 0.4) is 0 Å². The molecule has 4 heterocycles. The van der Waals surface area contributed by atoms with Crippen LogP contribution in [0.15, 0.2) is 60.8 Å². The molecule has 6 rings (SSSR count). The summed E-state index contributed by atoms with van der Waals surface area (Å²) in [5.41, 5.74) is 5.75. The van der Waals surface area contributed by atoms with Crippen molar-refractivity contribution in [3.8, 4) is 11.3 Å². The van der Waals surface area contributed by atoms with Crippen molar-refractivity contribution in [2.45, 2.75) is 37.8 Å². The van der Waals surface area contributed by atoms with Crippen molar-refractivity contribution in [2.24, 2.45) is 7.05 Å². The van der Waals surface area contributed by atoms with Crippen molar-refractivity contribution in [2.75, 3.05) is 0 Å². The molecule has 0 saturated carbocycles. The number of rotatable bonds is 2. The van der Waals surface area contributed by atoms with E-state index in [0.29, 0.717) is 5.56 Å². The first-order valence-electron chi connectivity index (χ1n) is 11.1. The second-order valence-corrected chi connectivity index (χ2v) is 8.77. The van der Waals surface area contributed by atoms with E-state index in [9.17, 15) is 9.18 Å². The Morgan fingerprint density at radius 3 is 2.78 bits per heavy atom. The Balaban J connectivity index is 1.41. The number of carbonyl (C=O) groups excluding carboxylic acids is 1. The van der Waals surface area contributed by atoms with Crippen LogP contribution in [0.4, 0.5) is 4.39 Å². The predicted molar refractivity (Wildman–Crippen MR) is 121 cm³/mol. The van der Waals surface area contributed by atoms with Crippen molar-refractivity contribution in [3.63, 3.8) is 0 Å². The minimum absolute atomic E-state index is 0.0324. The lowest BCUT2D eigenvalue weighted by molar-refractivity contribution is 0.0392. The Kier molecular flexibility index (Phi) is 4.35. The summed E-state index contributed by atoms with van der Waals surface area (Å²) in [5, 5.41) is 5.84. The van der Waals surface area contributed by atoms with Gasteiger partial charge < -0.3 is 4.90 Å². The van der Waals surface area contributed by atoms with Crippen molar-refractivity contribution in [3.05, 3.63) is 83.4 Å². The number of aryl methyl sites for hydroxylation is 1. The lowest BCUT2D eigenvalue weighted by atomic mass is 9.81. The van der Waals surface area contributed by atoms with E-state index < -0.39 is 0 Å². The smallest absolute Gasteiger partial charge is 0.254 e. The highest BCUT2D eigenvalue weighted by molar-refractivity contribution is 5.98. The van der Waals surface area contributed by atoms with E-state index in [-0.39, 0.29) is 23.8 Å². The molecule has 6 heteroatoms. The molecule has 4 aromatic rings. The maximum atomic E-state index is 13.7. The van der Waals surface area contributed by atoms with Gasteiger partial charge in [0.25, 0.3) is 5.91 Å². The monoisotopic (exact) mass is 426 g/mol. The van der Waals surface area contributed by atoms with Gasteiger partial charge in [0.05, 0.1) is 22.9 Å². The first kappa shape index (κ1) is 19.2. The van der Waals surface area contributed by atoms with Crippen LogP contribution in [0, 0.1) is 5.82 Å². The Labute approximate surface area is 185 Å². The zero-order chi connectivity index (χ0) is 21.8. The molecule has 1 amide bonds. The molecule has 0 N–H and O–H groups in total. The maximum Gasteiger partial charge on any atom is 0.254 e. The van der Waals surface area contributed by atoms with E-state index >= 15 is 0 Å². The van der Waals surface area contributed by atoms with Crippen LogP contribution >= 0.6 is 0 Å². The molecule has 1 saturated heterocycles. The van der Waals surface area contributed by atoms with Gasteiger partial charge in [-0.1, -0.05) is 6.07 Å². The zero-order valence-electron chi connectivity index (χ0n) is 17.8. The number of pyridine rings is 1. The number of aromatic nitrogens is 3. The van der Waals surface area contributed by atoms with Gasteiger partial charge in [-0.05, 0) is 74.2 Å². The molecule has 2 atom stereocenters. The summed E-state index contributed by atoms with van der Waals surface area (Å²) in [7, 11) is 1.93. The van der Waals surface area contributed by atoms with Crippen LogP contribution in [0.1, 0.15) is 46.9 Å². The highest BCUT2D eigenvalue weighted by atomic mass is 19.1. The standard InChI is InChI=1S/C26H23FN4O/c1-30-25(16-7-10-19(27)11-8-16)21-15-20-5-2-6-23(24(21)29-30)31(20)26(32)18-9-12-22-17(14-18)4-3-13-28-22/h3-4,7-14,20,23H,2,5-6,15H2,1H3. The van der Waals surface area contributed by atoms with Gasteiger partial charge >= 0.3 is 0 Å². The van der Waals surface area contributed by atoms with Crippen molar-refractivity contribution in [1.29, 1.82) is 0 Å². The summed E-state index contributed by atoms with van der Waals surface area (Å²) in [4.78, 5) is 20.1. The summed E-state index contributed by atoms with van der Waals surface area (Å²) < 4.78 is 15.4. The molecular formula is C26H23FN4O. The first-order chi connectivity index (χ1) is 15.6.